The van der Waals surface area contributed by atoms with E-state index in [2.05, 4.69) is 15.2 Å². The van der Waals surface area contributed by atoms with E-state index in [1.165, 1.54) is 36.9 Å². The molecule has 0 radical (unpaired) electrons. The number of hydrogen-bond donors (Lipinski definition) is 1. The van der Waals surface area contributed by atoms with Crippen LogP contribution in [0.1, 0.15) is 5.69 Å². The summed E-state index contributed by atoms with van der Waals surface area (Å²) in [6, 6.07) is 3.90. The third-order valence-electron chi connectivity index (χ3n) is 3.23. The molecule has 9 nitrogen and oxygen atoms in total. The van der Waals surface area contributed by atoms with Crippen molar-refractivity contribution in [2.75, 3.05) is 12.4 Å². The molecule has 0 aliphatic heterocycles. The fourth-order valence-corrected chi connectivity index (χ4v) is 2.05. The lowest BCUT2D eigenvalue weighted by Gasteiger charge is -2.12. The molecule has 1 heterocycles. The Morgan fingerprint density at radius 2 is 2.16 bits per heavy atom. The number of carbonyl (C=O) groups excluding carboxylic acids is 1. The van der Waals surface area contributed by atoms with Gasteiger partial charge in [0.1, 0.15) is 18.4 Å². The Bertz CT molecular complexity index is 794. The number of rotatable bonds is 7. The van der Waals surface area contributed by atoms with Crippen molar-refractivity contribution >= 4 is 17.3 Å². The van der Waals surface area contributed by atoms with Crippen molar-refractivity contribution in [1.82, 2.24) is 9.78 Å². The quantitative estimate of drug-likeness (QED) is 0.602. The second kappa shape index (κ2) is 7.55. The molecule has 0 bridgehead atoms. The first-order valence-corrected chi connectivity index (χ1v) is 6.91. The van der Waals surface area contributed by atoms with E-state index in [-0.39, 0.29) is 35.1 Å². The normalized spacial score (nSPS) is 10.6. The van der Waals surface area contributed by atoms with Gasteiger partial charge in [-0.25, -0.2) is 0 Å². The molecule has 2 aromatic rings. The Labute approximate surface area is 140 Å². The molecular formula is C14H14F2N4O5. The lowest BCUT2D eigenvalue weighted by Crippen LogP contribution is -2.20. The first-order valence-electron chi connectivity index (χ1n) is 6.91. The van der Waals surface area contributed by atoms with Crippen molar-refractivity contribution in [3.63, 3.8) is 0 Å². The fourth-order valence-electron chi connectivity index (χ4n) is 2.05. The second-order valence-corrected chi connectivity index (χ2v) is 4.82. The third kappa shape index (κ3) is 4.40. The number of anilines is 1. The monoisotopic (exact) mass is 356 g/mol. The molecule has 25 heavy (non-hydrogen) atoms. The molecule has 1 aromatic carbocycles. The van der Waals surface area contributed by atoms with Gasteiger partial charge in [-0.05, 0) is 19.1 Å². The average molecular weight is 356 g/mol. The van der Waals surface area contributed by atoms with Crippen LogP contribution in [0.3, 0.4) is 0 Å². The summed E-state index contributed by atoms with van der Waals surface area (Å²) < 4.78 is 35.0. The number of amides is 1. The predicted molar refractivity (Wildman–Crippen MR) is 81.9 cm³/mol. The van der Waals surface area contributed by atoms with Gasteiger partial charge in [-0.2, -0.15) is 13.9 Å². The minimum atomic E-state index is -3.01. The van der Waals surface area contributed by atoms with Gasteiger partial charge in [0.2, 0.25) is 5.91 Å². The summed E-state index contributed by atoms with van der Waals surface area (Å²) in [6.07, 6.45) is 1.06. The zero-order chi connectivity index (χ0) is 18.6. The molecule has 0 aliphatic rings. The number of halogens is 2. The van der Waals surface area contributed by atoms with Crippen LogP contribution < -0.4 is 14.8 Å². The van der Waals surface area contributed by atoms with Gasteiger partial charge in [-0.15, -0.1) is 0 Å². The molecule has 0 spiro atoms. The van der Waals surface area contributed by atoms with Crippen molar-refractivity contribution in [2.45, 2.75) is 20.1 Å². The Balaban J connectivity index is 2.09. The number of nitrogens with zero attached hydrogens (tertiary/aromatic N) is 3. The number of aromatic nitrogens is 2. The number of ether oxygens (including phenoxy) is 2. The largest absolute Gasteiger partial charge is 0.493 e. The van der Waals surface area contributed by atoms with E-state index in [0.29, 0.717) is 0 Å². The minimum Gasteiger partial charge on any atom is -0.493 e. The van der Waals surface area contributed by atoms with Gasteiger partial charge in [-0.1, -0.05) is 0 Å². The van der Waals surface area contributed by atoms with Gasteiger partial charge in [0.15, 0.2) is 11.5 Å². The first kappa shape index (κ1) is 18.1. The van der Waals surface area contributed by atoms with E-state index in [1.54, 1.807) is 0 Å². The highest BCUT2D eigenvalue weighted by molar-refractivity contribution is 5.91. The maximum absolute atomic E-state index is 12.3. The molecule has 0 saturated heterocycles. The molecule has 0 unspecified atom stereocenters. The van der Waals surface area contributed by atoms with Crippen LogP contribution in [0, 0.1) is 17.0 Å². The number of hydrogen-bond acceptors (Lipinski definition) is 6. The van der Waals surface area contributed by atoms with Crippen molar-refractivity contribution in [3.8, 4) is 11.5 Å². The van der Waals surface area contributed by atoms with E-state index in [1.807, 2.05) is 0 Å². The van der Waals surface area contributed by atoms with Crippen LogP contribution in [-0.2, 0) is 11.3 Å². The van der Waals surface area contributed by atoms with Crippen LogP contribution in [0.15, 0.2) is 24.4 Å². The van der Waals surface area contributed by atoms with E-state index in [0.717, 1.165) is 6.20 Å². The van der Waals surface area contributed by atoms with Gasteiger partial charge in [0.05, 0.1) is 12.0 Å². The van der Waals surface area contributed by atoms with Crippen LogP contribution in [0.25, 0.3) is 0 Å². The summed E-state index contributed by atoms with van der Waals surface area (Å²) in [6.45, 7) is -1.79. The number of alkyl halides is 2. The Morgan fingerprint density at radius 3 is 2.72 bits per heavy atom. The van der Waals surface area contributed by atoms with Gasteiger partial charge >= 0.3 is 12.3 Å². The van der Waals surface area contributed by atoms with E-state index >= 15 is 0 Å². The number of methoxy groups -OCH3 is 1. The second-order valence-electron chi connectivity index (χ2n) is 4.82. The van der Waals surface area contributed by atoms with Crippen molar-refractivity contribution in [1.29, 1.82) is 0 Å². The fraction of sp³-hybridized carbons (Fsp3) is 0.286. The molecule has 0 aliphatic carbocycles. The summed E-state index contributed by atoms with van der Waals surface area (Å²) in [5.74, 6) is -0.663. The zero-order valence-electron chi connectivity index (χ0n) is 13.2. The molecule has 2 rings (SSSR count). The predicted octanol–water partition coefficient (Wildman–Crippen LogP) is 2.35. The highest BCUT2D eigenvalue weighted by Gasteiger charge is 2.18. The molecule has 1 aromatic heterocycles. The van der Waals surface area contributed by atoms with Gasteiger partial charge < -0.3 is 14.8 Å². The van der Waals surface area contributed by atoms with Crippen molar-refractivity contribution in [3.05, 3.63) is 40.2 Å². The number of nitrogens with one attached hydrogen (secondary N) is 1. The number of carbonyl (C=O) groups is 1. The first-order chi connectivity index (χ1) is 11.8. The molecule has 1 N–H and O–H groups in total. The summed E-state index contributed by atoms with van der Waals surface area (Å²) in [7, 11) is 1.27. The molecule has 0 atom stereocenters. The Hall–Kier alpha value is -3.24. The molecular weight excluding hydrogens is 342 g/mol. The zero-order valence-corrected chi connectivity index (χ0v) is 13.2. The summed E-state index contributed by atoms with van der Waals surface area (Å²) >= 11 is 0. The topological polar surface area (TPSA) is 109 Å². The van der Waals surface area contributed by atoms with Gasteiger partial charge in [0, 0.05) is 11.8 Å². The molecule has 134 valence electrons. The Morgan fingerprint density at radius 1 is 1.44 bits per heavy atom. The van der Waals surface area contributed by atoms with Crippen LogP contribution >= 0.6 is 0 Å². The SMILES string of the molecule is COc1cc(NC(=O)Cn2ncc([N+](=O)[O-])c2C)ccc1OC(F)F. The van der Waals surface area contributed by atoms with E-state index in [9.17, 15) is 23.7 Å². The Kier molecular flexibility index (Phi) is 5.47. The number of nitro groups is 1. The highest BCUT2D eigenvalue weighted by atomic mass is 19.3. The molecule has 1 amide bonds. The lowest BCUT2D eigenvalue weighted by atomic mass is 10.2. The van der Waals surface area contributed by atoms with Gasteiger partial charge in [-0.3, -0.25) is 19.6 Å². The maximum atomic E-state index is 12.3. The molecule has 0 saturated carbocycles. The van der Waals surface area contributed by atoms with Crippen LogP contribution in [0.2, 0.25) is 0 Å². The van der Waals surface area contributed by atoms with E-state index < -0.39 is 17.4 Å². The van der Waals surface area contributed by atoms with E-state index in [4.69, 9.17) is 4.74 Å². The highest BCUT2D eigenvalue weighted by Crippen LogP contribution is 2.31. The molecule has 11 heteroatoms. The standard InChI is InChI=1S/C14H14F2N4O5/c1-8-10(20(22)23)6-17-19(8)7-13(21)18-9-3-4-11(25-14(15)16)12(5-9)24-2/h3-6,14H,7H2,1-2H3,(H,18,21). The summed E-state index contributed by atoms with van der Waals surface area (Å²) in [4.78, 5) is 22.2. The van der Waals surface area contributed by atoms with Crippen LogP contribution in [-0.4, -0.2) is 34.3 Å². The lowest BCUT2D eigenvalue weighted by molar-refractivity contribution is -0.385. The minimum absolute atomic E-state index is 0.0176. The third-order valence-corrected chi connectivity index (χ3v) is 3.23. The van der Waals surface area contributed by atoms with Crippen LogP contribution in [0.4, 0.5) is 20.2 Å². The van der Waals surface area contributed by atoms with Crippen molar-refractivity contribution < 1.29 is 28.0 Å². The number of benzene rings is 1. The molecule has 0 fully saturated rings. The van der Waals surface area contributed by atoms with Crippen LogP contribution in [0.5, 0.6) is 11.5 Å². The van der Waals surface area contributed by atoms with Gasteiger partial charge in [0.25, 0.3) is 0 Å². The summed E-state index contributed by atoms with van der Waals surface area (Å²) in [5, 5.41) is 17.1. The maximum Gasteiger partial charge on any atom is 0.387 e. The van der Waals surface area contributed by atoms with Crippen molar-refractivity contribution in [2.24, 2.45) is 0 Å². The average Bonchev–Trinajstić information content (AvgIpc) is 2.89. The summed E-state index contributed by atoms with van der Waals surface area (Å²) in [5.41, 5.74) is 0.323. The smallest absolute Gasteiger partial charge is 0.387 e.